The Balaban J connectivity index is 1.56. The Morgan fingerprint density at radius 2 is 1.86 bits per heavy atom. The van der Waals surface area contributed by atoms with E-state index in [1.165, 1.54) is 50.7 Å². The highest BCUT2D eigenvalue weighted by atomic mass is 16.5. The summed E-state index contributed by atoms with van der Waals surface area (Å²) in [4.78, 5) is 0. The molecule has 1 unspecified atom stereocenters. The second kappa shape index (κ2) is 5.95. The minimum Gasteiger partial charge on any atom is -0.497 e. The highest BCUT2D eigenvalue weighted by Crippen LogP contribution is 2.58. The molecular weight excluding hydrogens is 258 g/mol. The molecule has 0 aromatic rings. The van der Waals surface area contributed by atoms with E-state index in [0.29, 0.717) is 6.04 Å². The van der Waals surface area contributed by atoms with Crippen molar-refractivity contribution in [1.29, 1.82) is 0 Å². The lowest BCUT2D eigenvalue weighted by molar-refractivity contribution is -0.0546. The van der Waals surface area contributed by atoms with Crippen molar-refractivity contribution in [3.8, 4) is 0 Å². The molecule has 1 aliphatic heterocycles. The molecule has 118 valence electrons. The van der Waals surface area contributed by atoms with Gasteiger partial charge in [0.1, 0.15) is 5.76 Å². The van der Waals surface area contributed by atoms with Crippen LogP contribution in [0.15, 0.2) is 11.8 Å². The molecule has 4 aliphatic carbocycles. The molecule has 2 nitrogen and oxygen atoms in total. The molecule has 2 heteroatoms. The maximum atomic E-state index is 6.09. The summed E-state index contributed by atoms with van der Waals surface area (Å²) in [5.41, 5.74) is 0. The average molecular weight is 289 g/mol. The molecule has 5 rings (SSSR count). The van der Waals surface area contributed by atoms with Crippen LogP contribution in [0.25, 0.3) is 0 Å². The number of hydrogen-bond acceptors (Lipinski definition) is 2. The minimum atomic E-state index is 0.514. The van der Waals surface area contributed by atoms with Crippen LogP contribution in [0.5, 0.6) is 0 Å². The van der Waals surface area contributed by atoms with Gasteiger partial charge in [0.25, 0.3) is 0 Å². The molecule has 1 heterocycles. The van der Waals surface area contributed by atoms with Gasteiger partial charge in [-0.3, -0.25) is 0 Å². The predicted octanol–water partition coefficient (Wildman–Crippen LogP) is 4.12. The first-order valence-corrected chi connectivity index (χ1v) is 9.41. The molecule has 4 bridgehead atoms. The summed E-state index contributed by atoms with van der Waals surface area (Å²) in [6.45, 7) is 4.34. The van der Waals surface area contributed by atoms with E-state index < -0.39 is 0 Å². The van der Waals surface area contributed by atoms with Gasteiger partial charge in [0.2, 0.25) is 0 Å². The van der Waals surface area contributed by atoms with Crippen LogP contribution in [-0.4, -0.2) is 19.2 Å². The van der Waals surface area contributed by atoms with Gasteiger partial charge >= 0.3 is 0 Å². The highest BCUT2D eigenvalue weighted by molar-refractivity contribution is 5.13. The van der Waals surface area contributed by atoms with Crippen molar-refractivity contribution in [2.45, 2.75) is 64.3 Å². The maximum absolute atomic E-state index is 6.09. The SMILES string of the molecule is CCCNC(C1=CCCCO1)C1C2CC3CC(C2)CC1C3. The summed E-state index contributed by atoms with van der Waals surface area (Å²) >= 11 is 0. The van der Waals surface area contributed by atoms with Crippen molar-refractivity contribution in [2.24, 2.45) is 29.6 Å². The third-order valence-corrected chi connectivity index (χ3v) is 6.57. The number of allylic oxidation sites excluding steroid dienone is 1. The molecule has 4 fully saturated rings. The van der Waals surface area contributed by atoms with Gasteiger partial charge in [0.15, 0.2) is 0 Å². The molecule has 0 spiro atoms. The Morgan fingerprint density at radius 1 is 1.14 bits per heavy atom. The maximum Gasteiger partial charge on any atom is 0.109 e. The molecule has 0 radical (unpaired) electrons. The number of hydrogen-bond donors (Lipinski definition) is 1. The Kier molecular flexibility index (Phi) is 4.00. The molecule has 4 saturated carbocycles. The van der Waals surface area contributed by atoms with E-state index >= 15 is 0 Å². The zero-order valence-corrected chi connectivity index (χ0v) is 13.5. The van der Waals surface area contributed by atoms with Crippen LogP contribution in [-0.2, 0) is 4.74 Å². The van der Waals surface area contributed by atoms with Gasteiger partial charge in [-0.05, 0) is 93.6 Å². The Bertz CT molecular complexity index is 374. The fourth-order valence-corrected chi connectivity index (χ4v) is 6.03. The molecule has 1 N–H and O–H groups in total. The summed E-state index contributed by atoms with van der Waals surface area (Å²) in [5.74, 6) is 6.23. The minimum absolute atomic E-state index is 0.514. The summed E-state index contributed by atoms with van der Waals surface area (Å²) in [6.07, 6.45) is 13.6. The molecule has 1 atom stereocenters. The van der Waals surface area contributed by atoms with Crippen molar-refractivity contribution >= 4 is 0 Å². The van der Waals surface area contributed by atoms with Crippen molar-refractivity contribution in [1.82, 2.24) is 5.32 Å². The Labute approximate surface area is 129 Å². The van der Waals surface area contributed by atoms with Crippen molar-refractivity contribution < 1.29 is 4.74 Å². The second-order valence-corrected chi connectivity index (χ2v) is 8.04. The Morgan fingerprint density at radius 3 is 2.43 bits per heavy atom. The van der Waals surface area contributed by atoms with E-state index in [1.54, 1.807) is 6.42 Å². The van der Waals surface area contributed by atoms with Crippen LogP contribution in [0.3, 0.4) is 0 Å². The quantitative estimate of drug-likeness (QED) is 0.822. The summed E-state index contributed by atoms with van der Waals surface area (Å²) in [5, 5.41) is 3.87. The lowest BCUT2D eigenvalue weighted by Gasteiger charge is -2.56. The molecule has 5 aliphatic rings. The lowest BCUT2D eigenvalue weighted by atomic mass is 9.50. The van der Waals surface area contributed by atoms with E-state index in [1.807, 2.05) is 0 Å². The van der Waals surface area contributed by atoms with Gasteiger partial charge in [-0.2, -0.15) is 0 Å². The fraction of sp³-hybridized carbons (Fsp3) is 0.895. The van der Waals surface area contributed by atoms with Crippen LogP contribution < -0.4 is 5.32 Å². The first-order chi connectivity index (χ1) is 10.3. The standard InChI is InChI=1S/C19H31NO/c1-2-6-20-19(17-5-3-4-7-21-17)18-15-9-13-8-14(11-15)12-16(18)10-13/h5,13-16,18-20H,2-4,6-12H2,1H3. The average Bonchev–Trinajstić information content (AvgIpc) is 2.50. The molecular formula is C19H31NO. The van der Waals surface area contributed by atoms with Gasteiger partial charge in [-0.15, -0.1) is 0 Å². The van der Waals surface area contributed by atoms with E-state index in [-0.39, 0.29) is 0 Å². The van der Waals surface area contributed by atoms with Crippen molar-refractivity contribution in [3.63, 3.8) is 0 Å². The van der Waals surface area contributed by atoms with Crippen LogP contribution in [0.1, 0.15) is 58.3 Å². The zero-order chi connectivity index (χ0) is 14.2. The summed E-state index contributed by atoms with van der Waals surface area (Å²) in [6, 6.07) is 0.514. The van der Waals surface area contributed by atoms with E-state index in [2.05, 4.69) is 18.3 Å². The fourth-order valence-electron chi connectivity index (χ4n) is 6.03. The largest absolute Gasteiger partial charge is 0.497 e. The van der Waals surface area contributed by atoms with Gasteiger partial charge in [-0.25, -0.2) is 0 Å². The zero-order valence-electron chi connectivity index (χ0n) is 13.5. The molecule has 0 aromatic heterocycles. The van der Waals surface area contributed by atoms with Gasteiger partial charge in [-0.1, -0.05) is 6.92 Å². The topological polar surface area (TPSA) is 21.3 Å². The van der Waals surface area contributed by atoms with Gasteiger partial charge in [0, 0.05) is 0 Å². The monoisotopic (exact) mass is 289 g/mol. The molecule has 0 amide bonds. The van der Waals surface area contributed by atoms with Crippen molar-refractivity contribution in [2.75, 3.05) is 13.2 Å². The number of ether oxygens (including phenoxy) is 1. The van der Waals surface area contributed by atoms with E-state index in [9.17, 15) is 0 Å². The van der Waals surface area contributed by atoms with Crippen molar-refractivity contribution in [3.05, 3.63) is 11.8 Å². The van der Waals surface area contributed by atoms with Crippen LogP contribution in [0.4, 0.5) is 0 Å². The predicted molar refractivity (Wildman–Crippen MR) is 85.9 cm³/mol. The molecule has 0 saturated heterocycles. The lowest BCUT2D eigenvalue weighted by Crippen LogP contribution is -2.54. The number of nitrogens with one attached hydrogen (secondary N) is 1. The summed E-state index contributed by atoms with van der Waals surface area (Å²) in [7, 11) is 0. The van der Waals surface area contributed by atoms with Gasteiger partial charge < -0.3 is 10.1 Å². The molecule has 0 aromatic carbocycles. The van der Waals surface area contributed by atoms with Gasteiger partial charge in [0.05, 0.1) is 12.6 Å². The normalized spacial score (nSPS) is 42.5. The highest BCUT2D eigenvalue weighted by Gasteiger charge is 2.51. The summed E-state index contributed by atoms with van der Waals surface area (Å²) < 4.78 is 6.09. The first kappa shape index (κ1) is 14.1. The first-order valence-electron chi connectivity index (χ1n) is 9.41. The van der Waals surface area contributed by atoms with E-state index in [4.69, 9.17) is 4.74 Å². The smallest absolute Gasteiger partial charge is 0.109 e. The van der Waals surface area contributed by atoms with Crippen LogP contribution in [0.2, 0.25) is 0 Å². The Hall–Kier alpha value is -0.500. The second-order valence-electron chi connectivity index (χ2n) is 8.04. The van der Waals surface area contributed by atoms with Crippen LogP contribution in [0, 0.1) is 29.6 Å². The van der Waals surface area contributed by atoms with E-state index in [0.717, 1.165) is 42.7 Å². The third kappa shape index (κ3) is 2.65. The van der Waals surface area contributed by atoms with Crippen LogP contribution >= 0.6 is 0 Å². The molecule has 21 heavy (non-hydrogen) atoms. The third-order valence-electron chi connectivity index (χ3n) is 6.57. The number of rotatable bonds is 5.